The predicted octanol–water partition coefficient (Wildman–Crippen LogP) is 0.473. The molecule has 0 unspecified atom stereocenters. The molecule has 3 heteroatoms. The molecular weight excluding hydrogens is 138 g/mol. The Hall–Kier alpha value is -1.09. The van der Waals surface area contributed by atoms with E-state index in [0.717, 1.165) is 23.5 Å². The van der Waals surface area contributed by atoms with Crippen LogP contribution in [0.2, 0.25) is 0 Å². The smallest absolute Gasteiger partial charge is 0.0439 e. The molecule has 0 saturated carbocycles. The molecule has 1 rings (SSSR count). The Kier molecular flexibility index (Phi) is 2.44. The van der Waals surface area contributed by atoms with E-state index in [-0.39, 0.29) is 0 Å². The van der Waals surface area contributed by atoms with Gasteiger partial charge in [0.15, 0.2) is 0 Å². The summed E-state index contributed by atoms with van der Waals surface area (Å²) in [7, 11) is 0. The van der Waals surface area contributed by atoms with Gasteiger partial charge in [-0.2, -0.15) is 0 Å². The van der Waals surface area contributed by atoms with Crippen LogP contribution in [-0.4, -0.2) is 11.5 Å². The Morgan fingerprint density at radius 1 is 1.45 bits per heavy atom. The third-order valence-electron chi connectivity index (χ3n) is 1.43. The molecule has 0 saturated heterocycles. The zero-order valence-electron chi connectivity index (χ0n) is 6.67. The quantitative estimate of drug-likeness (QED) is 0.646. The van der Waals surface area contributed by atoms with Gasteiger partial charge in [-0.05, 0) is 25.6 Å². The highest BCUT2D eigenvalue weighted by Gasteiger charge is 1.95. The highest BCUT2D eigenvalue weighted by Crippen LogP contribution is 2.06. The molecule has 0 radical (unpaired) electrons. The molecule has 0 bridgehead atoms. The summed E-state index contributed by atoms with van der Waals surface area (Å²) in [6.45, 7) is 2.55. The van der Waals surface area contributed by atoms with E-state index in [1.165, 1.54) is 0 Å². The van der Waals surface area contributed by atoms with Gasteiger partial charge in [-0.1, -0.05) is 0 Å². The average Bonchev–Trinajstić information content (AvgIpc) is 1.85. The van der Waals surface area contributed by atoms with Crippen LogP contribution in [-0.2, 0) is 6.42 Å². The molecule has 0 aromatic carbocycles. The van der Waals surface area contributed by atoms with Crippen LogP contribution in [0.3, 0.4) is 0 Å². The van der Waals surface area contributed by atoms with E-state index >= 15 is 0 Å². The fraction of sp³-hybridized carbons (Fsp3) is 0.375. The van der Waals surface area contributed by atoms with Crippen molar-refractivity contribution in [1.82, 2.24) is 4.98 Å². The van der Waals surface area contributed by atoms with Gasteiger partial charge in [0, 0.05) is 23.5 Å². The van der Waals surface area contributed by atoms with Crippen molar-refractivity contribution in [3.05, 3.63) is 23.5 Å². The van der Waals surface area contributed by atoms with Crippen LogP contribution in [0, 0.1) is 6.92 Å². The van der Waals surface area contributed by atoms with Gasteiger partial charge in [-0.25, -0.2) is 0 Å². The van der Waals surface area contributed by atoms with Crippen LogP contribution in [0.25, 0.3) is 0 Å². The lowest BCUT2D eigenvalue weighted by atomic mass is 10.2. The van der Waals surface area contributed by atoms with Crippen molar-refractivity contribution < 1.29 is 0 Å². The molecule has 11 heavy (non-hydrogen) atoms. The third kappa shape index (κ3) is 2.20. The summed E-state index contributed by atoms with van der Waals surface area (Å²) < 4.78 is 0. The van der Waals surface area contributed by atoms with Gasteiger partial charge >= 0.3 is 0 Å². The first-order chi connectivity index (χ1) is 5.22. The Labute approximate surface area is 66.4 Å². The molecule has 0 aliphatic heterocycles. The topological polar surface area (TPSA) is 64.9 Å². The van der Waals surface area contributed by atoms with E-state index in [4.69, 9.17) is 11.5 Å². The maximum Gasteiger partial charge on any atom is 0.0439 e. The second-order valence-electron chi connectivity index (χ2n) is 2.57. The molecule has 0 spiro atoms. The molecule has 0 aliphatic rings. The lowest BCUT2D eigenvalue weighted by Crippen LogP contribution is -2.05. The maximum absolute atomic E-state index is 5.61. The van der Waals surface area contributed by atoms with Crippen LogP contribution in [0.1, 0.15) is 11.4 Å². The van der Waals surface area contributed by atoms with E-state index in [2.05, 4.69) is 4.98 Å². The first-order valence-electron chi connectivity index (χ1n) is 3.65. The zero-order valence-corrected chi connectivity index (χ0v) is 6.67. The summed E-state index contributed by atoms with van der Waals surface area (Å²) in [5.41, 5.74) is 13.7. The molecule has 60 valence electrons. The first-order valence-corrected chi connectivity index (χ1v) is 3.65. The van der Waals surface area contributed by atoms with Crippen molar-refractivity contribution >= 4 is 5.69 Å². The predicted molar refractivity (Wildman–Crippen MR) is 46.1 cm³/mol. The molecule has 0 amide bonds. The third-order valence-corrected chi connectivity index (χ3v) is 1.43. The average molecular weight is 151 g/mol. The van der Waals surface area contributed by atoms with Crippen molar-refractivity contribution in [2.45, 2.75) is 13.3 Å². The number of nitrogens with two attached hydrogens (primary N) is 2. The highest BCUT2D eigenvalue weighted by atomic mass is 14.7. The van der Waals surface area contributed by atoms with E-state index in [0.29, 0.717) is 6.54 Å². The maximum atomic E-state index is 5.61. The number of aryl methyl sites for hydroxylation is 1. The summed E-state index contributed by atoms with van der Waals surface area (Å²) in [6.07, 6.45) is 0.798. The van der Waals surface area contributed by atoms with Gasteiger partial charge in [-0.3, -0.25) is 4.98 Å². The lowest BCUT2D eigenvalue weighted by Gasteiger charge is -2.01. The van der Waals surface area contributed by atoms with Crippen LogP contribution >= 0.6 is 0 Å². The van der Waals surface area contributed by atoms with Gasteiger partial charge in [0.05, 0.1) is 0 Å². The number of rotatable bonds is 2. The Morgan fingerprint density at radius 3 is 2.73 bits per heavy atom. The zero-order chi connectivity index (χ0) is 8.27. The molecular formula is C8H13N3. The van der Waals surface area contributed by atoms with Crippen molar-refractivity contribution in [2.24, 2.45) is 5.73 Å². The summed E-state index contributed by atoms with van der Waals surface area (Å²) in [4.78, 5) is 4.26. The summed E-state index contributed by atoms with van der Waals surface area (Å²) in [6, 6.07) is 3.71. The van der Waals surface area contributed by atoms with E-state index in [9.17, 15) is 0 Å². The second-order valence-corrected chi connectivity index (χ2v) is 2.57. The van der Waals surface area contributed by atoms with Gasteiger partial charge in [0.25, 0.3) is 0 Å². The Bertz CT molecular complexity index is 225. The van der Waals surface area contributed by atoms with Gasteiger partial charge in [-0.15, -0.1) is 0 Å². The van der Waals surface area contributed by atoms with Gasteiger partial charge < -0.3 is 11.5 Å². The number of nitrogen functional groups attached to an aromatic ring is 1. The molecule has 0 atom stereocenters. The van der Waals surface area contributed by atoms with Crippen molar-refractivity contribution in [3.8, 4) is 0 Å². The molecule has 1 heterocycles. The number of anilines is 1. The molecule has 0 fully saturated rings. The number of aromatic nitrogens is 1. The molecule has 0 aliphatic carbocycles. The van der Waals surface area contributed by atoms with E-state index in [1.54, 1.807) is 0 Å². The Morgan fingerprint density at radius 2 is 2.18 bits per heavy atom. The van der Waals surface area contributed by atoms with E-state index < -0.39 is 0 Å². The SMILES string of the molecule is Cc1cc(N)cc(CCN)n1. The standard InChI is InChI=1S/C8H13N3/c1-6-4-7(10)5-8(11-6)2-3-9/h4-5H,2-3,9H2,1H3,(H2,10,11). The summed E-state index contributed by atoms with van der Waals surface area (Å²) >= 11 is 0. The molecule has 4 N–H and O–H groups in total. The molecule has 3 nitrogen and oxygen atoms in total. The first kappa shape index (κ1) is 8.01. The lowest BCUT2D eigenvalue weighted by molar-refractivity contribution is 0.913. The number of hydrogen-bond acceptors (Lipinski definition) is 3. The monoisotopic (exact) mass is 151 g/mol. The minimum Gasteiger partial charge on any atom is -0.399 e. The summed E-state index contributed by atoms with van der Waals surface area (Å²) in [5, 5.41) is 0. The second kappa shape index (κ2) is 3.34. The van der Waals surface area contributed by atoms with Crippen molar-refractivity contribution in [2.75, 3.05) is 12.3 Å². The van der Waals surface area contributed by atoms with Crippen LogP contribution in [0.15, 0.2) is 12.1 Å². The summed E-state index contributed by atoms with van der Waals surface area (Å²) in [5.74, 6) is 0. The number of pyridine rings is 1. The van der Waals surface area contributed by atoms with Crippen molar-refractivity contribution in [1.29, 1.82) is 0 Å². The number of nitrogens with zero attached hydrogens (tertiary/aromatic N) is 1. The van der Waals surface area contributed by atoms with Crippen molar-refractivity contribution in [3.63, 3.8) is 0 Å². The van der Waals surface area contributed by atoms with Gasteiger partial charge in [0.2, 0.25) is 0 Å². The fourth-order valence-electron chi connectivity index (χ4n) is 1.04. The van der Waals surface area contributed by atoms with Crippen LogP contribution < -0.4 is 11.5 Å². The molecule has 1 aromatic rings. The normalized spacial score (nSPS) is 10.0. The minimum atomic E-state index is 0.621. The number of hydrogen-bond donors (Lipinski definition) is 2. The van der Waals surface area contributed by atoms with Crippen LogP contribution in [0.4, 0.5) is 5.69 Å². The molecule has 1 aromatic heterocycles. The minimum absolute atomic E-state index is 0.621. The fourth-order valence-corrected chi connectivity index (χ4v) is 1.04. The van der Waals surface area contributed by atoms with Gasteiger partial charge in [0.1, 0.15) is 0 Å². The van der Waals surface area contributed by atoms with E-state index in [1.807, 2.05) is 19.1 Å². The highest BCUT2D eigenvalue weighted by molar-refractivity contribution is 5.39. The Balaban J connectivity index is 2.89. The van der Waals surface area contributed by atoms with Crippen LogP contribution in [0.5, 0.6) is 0 Å². The largest absolute Gasteiger partial charge is 0.399 e.